The zero-order valence-corrected chi connectivity index (χ0v) is 14.1. The third-order valence-corrected chi connectivity index (χ3v) is 4.24. The number of tetrazole rings is 1. The van der Waals surface area contributed by atoms with Crippen LogP contribution in [0.2, 0.25) is 0 Å². The van der Waals surface area contributed by atoms with E-state index in [1.165, 1.54) is 17.3 Å². The quantitative estimate of drug-likeness (QED) is 0.828. The molecule has 1 heterocycles. The van der Waals surface area contributed by atoms with Gasteiger partial charge in [0.1, 0.15) is 0 Å². The summed E-state index contributed by atoms with van der Waals surface area (Å²) >= 11 is 1.37. The van der Waals surface area contributed by atoms with Gasteiger partial charge < -0.3 is 5.32 Å². The number of hydrogen-bond donors (Lipinski definition) is 1. The second-order valence-corrected chi connectivity index (χ2v) is 6.77. The fraction of sp³-hybridized carbons (Fsp3) is 0.467. The minimum absolute atomic E-state index is 0.0242. The first-order chi connectivity index (χ1) is 10.5. The number of aryl methyl sites for hydroxylation is 1. The van der Waals surface area contributed by atoms with E-state index in [9.17, 15) is 4.79 Å². The molecule has 1 aromatic carbocycles. The molecule has 0 aliphatic rings. The Morgan fingerprint density at radius 3 is 2.59 bits per heavy atom. The molecule has 0 spiro atoms. The maximum absolute atomic E-state index is 12.2. The summed E-state index contributed by atoms with van der Waals surface area (Å²) in [6, 6.07) is 8.28. The van der Waals surface area contributed by atoms with Gasteiger partial charge in [-0.05, 0) is 43.7 Å². The predicted molar refractivity (Wildman–Crippen MR) is 86.5 cm³/mol. The SMILES string of the molecule is Cc1ccc(CNC(=O)C(C)Sc2nnnn2C(C)C)cc1. The van der Waals surface area contributed by atoms with Crippen LogP contribution in [-0.4, -0.2) is 31.4 Å². The van der Waals surface area contributed by atoms with E-state index < -0.39 is 0 Å². The zero-order valence-electron chi connectivity index (χ0n) is 13.3. The molecule has 0 radical (unpaired) electrons. The Balaban J connectivity index is 1.89. The average molecular weight is 319 g/mol. The Morgan fingerprint density at radius 2 is 1.95 bits per heavy atom. The molecule has 118 valence electrons. The van der Waals surface area contributed by atoms with Crippen LogP contribution >= 0.6 is 11.8 Å². The van der Waals surface area contributed by atoms with E-state index in [1.807, 2.05) is 52.0 Å². The number of aromatic nitrogens is 4. The maximum Gasteiger partial charge on any atom is 0.233 e. The standard InChI is InChI=1S/C15H21N5OS/c1-10(2)20-15(17-18-19-20)22-12(4)14(21)16-9-13-7-5-11(3)6-8-13/h5-8,10,12H,9H2,1-4H3,(H,16,21). The summed E-state index contributed by atoms with van der Waals surface area (Å²) in [6.07, 6.45) is 0. The third-order valence-electron chi connectivity index (χ3n) is 3.19. The number of rotatable bonds is 6. The number of amides is 1. The van der Waals surface area contributed by atoms with Crippen LogP contribution in [0.25, 0.3) is 0 Å². The lowest BCUT2D eigenvalue weighted by Crippen LogP contribution is -2.30. The number of thioether (sulfide) groups is 1. The molecule has 1 N–H and O–H groups in total. The molecule has 22 heavy (non-hydrogen) atoms. The minimum Gasteiger partial charge on any atom is -0.351 e. The van der Waals surface area contributed by atoms with E-state index in [0.29, 0.717) is 11.7 Å². The van der Waals surface area contributed by atoms with Crippen LogP contribution in [0.4, 0.5) is 0 Å². The molecular weight excluding hydrogens is 298 g/mol. The fourth-order valence-electron chi connectivity index (χ4n) is 1.84. The minimum atomic E-state index is -0.256. The molecule has 0 saturated heterocycles. The van der Waals surface area contributed by atoms with Crippen molar-refractivity contribution in [2.24, 2.45) is 0 Å². The second-order valence-electron chi connectivity index (χ2n) is 5.46. The van der Waals surface area contributed by atoms with E-state index in [1.54, 1.807) is 4.68 Å². The lowest BCUT2D eigenvalue weighted by molar-refractivity contribution is -0.120. The Morgan fingerprint density at radius 1 is 1.27 bits per heavy atom. The van der Waals surface area contributed by atoms with Crippen LogP contribution < -0.4 is 5.32 Å². The summed E-state index contributed by atoms with van der Waals surface area (Å²) in [5, 5.41) is 14.9. The van der Waals surface area contributed by atoms with Gasteiger partial charge in [0.2, 0.25) is 11.1 Å². The Bertz CT molecular complexity index is 623. The van der Waals surface area contributed by atoms with Crippen LogP contribution in [0.1, 0.15) is 37.9 Å². The highest BCUT2D eigenvalue weighted by Crippen LogP contribution is 2.22. The molecule has 2 rings (SSSR count). The topological polar surface area (TPSA) is 72.7 Å². The van der Waals surface area contributed by atoms with Gasteiger partial charge in [-0.2, -0.15) is 0 Å². The molecule has 6 nitrogen and oxygen atoms in total. The first kappa shape index (κ1) is 16.5. The summed E-state index contributed by atoms with van der Waals surface area (Å²) in [6.45, 7) is 8.43. The van der Waals surface area contributed by atoms with Gasteiger partial charge in [0.05, 0.1) is 11.3 Å². The van der Waals surface area contributed by atoms with Crippen molar-refractivity contribution < 1.29 is 4.79 Å². The predicted octanol–water partition coefficient (Wildman–Crippen LogP) is 2.36. The zero-order chi connectivity index (χ0) is 16.1. The van der Waals surface area contributed by atoms with Crippen molar-refractivity contribution in [2.45, 2.75) is 50.7 Å². The first-order valence-electron chi connectivity index (χ1n) is 7.25. The molecule has 1 unspecified atom stereocenters. The first-order valence-corrected chi connectivity index (χ1v) is 8.13. The highest BCUT2D eigenvalue weighted by molar-refractivity contribution is 8.00. The molecule has 0 saturated carbocycles. The maximum atomic E-state index is 12.2. The van der Waals surface area contributed by atoms with Gasteiger partial charge in [0.15, 0.2) is 0 Å². The summed E-state index contributed by atoms with van der Waals surface area (Å²) in [7, 11) is 0. The van der Waals surface area contributed by atoms with Crippen molar-refractivity contribution >= 4 is 17.7 Å². The summed E-state index contributed by atoms with van der Waals surface area (Å²) in [4.78, 5) is 12.2. The fourth-order valence-corrected chi connectivity index (χ4v) is 2.78. The molecule has 0 aliphatic carbocycles. The van der Waals surface area contributed by atoms with Gasteiger partial charge in [0, 0.05) is 6.54 Å². The summed E-state index contributed by atoms with van der Waals surface area (Å²) in [5.41, 5.74) is 2.29. The number of nitrogens with zero attached hydrogens (tertiary/aromatic N) is 4. The molecule has 7 heteroatoms. The number of carbonyl (C=O) groups excluding carboxylic acids is 1. The van der Waals surface area contributed by atoms with E-state index in [0.717, 1.165) is 5.56 Å². The molecule has 0 aliphatic heterocycles. The van der Waals surface area contributed by atoms with Crippen LogP contribution in [0, 0.1) is 6.92 Å². The summed E-state index contributed by atoms with van der Waals surface area (Å²) in [5.74, 6) is -0.0242. The van der Waals surface area contributed by atoms with Gasteiger partial charge in [-0.25, -0.2) is 4.68 Å². The smallest absolute Gasteiger partial charge is 0.233 e. The van der Waals surface area contributed by atoms with E-state index in [4.69, 9.17) is 0 Å². The monoisotopic (exact) mass is 319 g/mol. The Kier molecular flexibility index (Phi) is 5.54. The summed E-state index contributed by atoms with van der Waals surface area (Å²) < 4.78 is 1.72. The third kappa shape index (κ3) is 4.30. The van der Waals surface area contributed by atoms with Gasteiger partial charge in [-0.1, -0.05) is 41.6 Å². The van der Waals surface area contributed by atoms with Crippen LogP contribution in [-0.2, 0) is 11.3 Å². The van der Waals surface area contributed by atoms with Crippen molar-refractivity contribution in [3.63, 3.8) is 0 Å². The molecule has 0 fully saturated rings. The highest BCUT2D eigenvalue weighted by Gasteiger charge is 2.19. The van der Waals surface area contributed by atoms with Crippen LogP contribution in [0.5, 0.6) is 0 Å². The highest BCUT2D eigenvalue weighted by atomic mass is 32.2. The molecule has 2 aromatic rings. The Hall–Kier alpha value is -1.89. The van der Waals surface area contributed by atoms with Gasteiger partial charge in [-0.3, -0.25) is 4.79 Å². The number of hydrogen-bond acceptors (Lipinski definition) is 5. The van der Waals surface area contributed by atoms with E-state index in [-0.39, 0.29) is 17.2 Å². The normalized spacial score (nSPS) is 12.4. The van der Waals surface area contributed by atoms with Crippen molar-refractivity contribution in [2.75, 3.05) is 0 Å². The number of carbonyl (C=O) groups is 1. The van der Waals surface area contributed by atoms with E-state index in [2.05, 4.69) is 20.8 Å². The molecular formula is C15H21N5OS. The lowest BCUT2D eigenvalue weighted by atomic mass is 10.1. The van der Waals surface area contributed by atoms with Gasteiger partial charge in [0.25, 0.3) is 0 Å². The molecule has 1 amide bonds. The lowest BCUT2D eigenvalue weighted by Gasteiger charge is -2.13. The molecule has 1 aromatic heterocycles. The number of benzene rings is 1. The molecule has 0 bridgehead atoms. The van der Waals surface area contributed by atoms with Crippen LogP contribution in [0.3, 0.4) is 0 Å². The largest absolute Gasteiger partial charge is 0.351 e. The van der Waals surface area contributed by atoms with Crippen molar-refractivity contribution in [3.8, 4) is 0 Å². The Labute approximate surface area is 134 Å². The van der Waals surface area contributed by atoms with E-state index >= 15 is 0 Å². The van der Waals surface area contributed by atoms with Crippen LogP contribution in [0.15, 0.2) is 29.4 Å². The van der Waals surface area contributed by atoms with Crippen molar-refractivity contribution in [3.05, 3.63) is 35.4 Å². The average Bonchev–Trinajstić information content (AvgIpc) is 2.94. The number of nitrogens with one attached hydrogen (secondary N) is 1. The van der Waals surface area contributed by atoms with Crippen molar-refractivity contribution in [1.82, 2.24) is 25.5 Å². The van der Waals surface area contributed by atoms with Crippen molar-refractivity contribution in [1.29, 1.82) is 0 Å². The second kappa shape index (κ2) is 7.40. The van der Waals surface area contributed by atoms with Gasteiger partial charge in [-0.15, -0.1) is 5.10 Å². The molecule has 1 atom stereocenters. The van der Waals surface area contributed by atoms with Gasteiger partial charge >= 0.3 is 0 Å².